The molecule has 2 N–H and O–H groups in total. The number of nitrogens with two attached hydrogens (primary N) is 1. The van der Waals surface area contributed by atoms with Gasteiger partial charge in [-0.05, 0) is 6.42 Å². The van der Waals surface area contributed by atoms with Crippen LogP contribution in [0.1, 0.15) is 12.8 Å². The van der Waals surface area contributed by atoms with E-state index in [1.807, 2.05) is 0 Å². The van der Waals surface area contributed by atoms with Crippen molar-refractivity contribution in [3.8, 4) is 0 Å². The van der Waals surface area contributed by atoms with E-state index in [0.29, 0.717) is 0 Å². The largest absolute Gasteiger partial charge is 0.550 e. The van der Waals surface area contributed by atoms with Gasteiger partial charge in [0.25, 0.3) is 0 Å². The average molecular weight is 116 g/mol. The quantitative estimate of drug-likeness (QED) is 0.463. The Kier molecular flexibility index (Phi) is 2.61. The summed E-state index contributed by atoms with van der Waals surface area (Å²) >= 11 is 0. The van der Waals surface area contributed by atoms with E-state index in [1.165, 1.54) is 0 Å². The van der Waals surface area contributed by atoms with Crippen LogP contribution < -0.4 is 10.8 Å². The molecule has 0 aliphatic rings. The van der Waals surface area contributed by atoms with Crippen molar-refractivity contribution >= 4 is 11.9 Å². The third-order valence-electron chi connectivity index (χ3n) is 0.576. The molecule has 0 rings (SSSR count). The molecule has 0 heterocycles. The van der Waals surface area contributed by atoms with Gasteiger partial charge in [0.15, 0.2) is 0 Å². The second kappa shape index (κ2) is 3.01. The van der Waals surface area contributed by atoms with Crippen LogP contribution in [-0.4, -0.2) is 11.9 Å². The minimum absolute atomic E-state index is 0.137. The zero-order chi connectivity index (χ0) is 6.57. The maximum Gasteiger partial charge on any atom is 0.217 e. The van der Waals surface area contributed by atoms with Crippen molar-refractivity contribution in [3.05, 3.63) is 0 Å². The van der Waals surface area contributed by atoms with E-state index in [-0.39, 0.29) is 12.8 Å². The number of rotatable bonds is 3. The molecule has 0 aromatic carbocycles. The number of carboxylic acids is 1. The summed E-state index contributed by atoms with van der Waals surface area (Å²) < 4.78 is 0. The van der Waals surface area contributed by atoms with Gasteiger partial charge in [0, 0.05) is 12.4 Å². The van der Waals surface area contributed by atoms with Gasteiger partial charge in [-0.1, -0.05) is 0 Å². The third-order valence-corrected chi connectivity index (χ3v) is 0.576. The second-order valence-electron chi connectivity index (χ2n) is 1.34. The molecule has 0 radical (unpaired) electrons. The van der Waals surface area contributed by atoms with Crippen molar-refractivity contribution in [1.82, 2.24) is 0 Å². The third kappa shape index (κ3) is 4.94. The summed E-state index contributed by atoms with van der Waals surface area (Å²) in [5.74, 6) is -1.86. The van der Waals surface area contributed by atoms with Crippen LogP contribution >= 0.6 is 0 Å². The molecule has 4 heteroatoms. The fraction of sp³-hybridized carbons (Fsp3) is 0.500. The predicted octanol–water partition coefficient (Wildman–Crippen LogP) is -2.00. The van der Waals surface area contributed by atoms with Gasteiger partial charge in [-0.25, -0.2) is 0 Å². The molecule has 0 aliphatic carbocycles. The summed E-state index contributed by atoms with van der Waals surface area (Å²) in [4.78, 5) is 19.4. The highest BCUT2D eigenvalue weighted by Crippen LogP contribution is 1.81. The van der Waals surface area contributed by atoms with Gasteiger partial charge in [-0.15, -0.1) is 0 Å². The number of carbonyl (C=O) groups is 2. The van der Waals surface area contributed by atoms with Crippen LogP contribution in [0, 0.1) is 0 Å². The topological polar surface area (TPSA) is 83.2 Å². The van der Waals surface area contributed by atoms with Crippen LogP contribution in [0.3, 0.4) is 0 Å². The molecular formula is C4H6NO3-. The number of carbonyl (C=O) groups excluding carboxylic acids is 2. The molecule has 0 aromatic heterocycles. The van der Waals surface area contributed by atoms with E-state index >= 15 is 0 Å². The molecule has 0 bridgehead atoms. The van der Waals surface area contributed by atoms with E-state index in [1.54, 1.807) is 0 Å². The molecule has 0 saturated carbocycles. The highest BCUT2D eigenvalue weighted by Gasteiger charge is 1.91. The minimum Gasteiger partial charge on any atom is -0.550 e. The summed E-state index contributed by atoms with van der Waals surface area (Å²) in [6.45, 7) is 0. The van der Waals surface area contributed by atoms with Gasteiger partial charge >= 0.3 is 0 Å². The van der Waals surface area contributed by atoms with Crippen LogP contribution in [-0.2, 0) is 9.59 Å². The fourth-order valence-corrected chi connectivity index (χ4v) is 0.225. The Morgan fingerprint density at radius 1 is 1.38 bits per heavy atom. The maximum absolute atomic E-state index is 9.83. The predicted molar refractivity (Wildman–Crippen MR) is 23.4 cm³/mol. The number of hydrogen-bond donors (Lipinski definition) is 1. The van der Waals surface area contributed by atoms with Crippen molar-refractivity contribution in [2.75, 3.05) is 0 Å². The Bertz CT molecular complexity index is 95.9. The van der Waals surface area contributed by atoms with E-state index in [2.05, 4.69) is 5.73 Å². The molecule has 0 atom stereocenters. The number of primary amides is 1. The molecule has 0 fully saturated rings. The van der Waals surface area contributed by atoms with Crippen molar-refractivity contribution < 1.29 is 14.7 Å². The first-order chi connectivity index (χ1) is 3.63. The highest BCUT2D eigenvalue weighted by molar-refractivity contribution is 5.78. The van der Waals surface area contributed by atoms with Gasteiger partial charge in [0.2, 0.25) is 5.91 Å². The van der Waals surface area contributed by atoms with Gasteiger partial charge in [-0.2, -0.15) is 0 Å². The molecule has 4 nitrogen and oxygen atoms in total. The Labute approximate surface area is 46.3 Å². The van der Waals surface area contributed by atoms with E-state index in [9.17, 15) is 14.7 Å². The Balaban J connectivity index is 3.18. The number of amides is 1. The Morgan fingerprint density at radius 2 is 1.88 bits per heavy atom. The lowest BCUT2D eigenvalue weighted by molar-refractivity contribution is -0.305. The van der Waals surface area contributed by atoms with Crippen molar-refractivity contribution in [2.24, 2.45) is 5.73 Å². The molecule has 0 saturated heterocycles. The number of carboxylic acid groups (broad SMARTS) is 1. The molecule has 46 valence electrons. The molecule has 0 aliphatic heterocycles. The van der Waals surface area contributed by atoms with Crippen LogP contribution in [0.2, 0.25) is 0 Å². The molecule has 0 aromatic rings. The van der Waals surface area contributed by atoms with E-state index in [4.69, 9.17) is 0 Å². The fourth-order valence-electron chi connectivity index (χ4n) is 0.225. The normalized spacial score (nSPS) is 8.50. The standard InChI is InChI=1S/C4H7NO3/c5-3(6)1-2-4(7)8/h1-2H2,(H2,5,6)(H,7,8)/p-1. The lowest BCUT2D eigenvalue weighted by Gasteiger charge is -1.95. The average Bonchev–Trinajstić information content (AvgIpc) is 1.61. The van der Waals surface area contributed by atoms with Crippen LogP contribution in [0.15, 0.2) is 0 Å². The first kappa shape index (κ1) is 6.94. The summed E-state index contributed by atoms with van der Waals surface area (Å²) in [5.41, 5.74) is 4.61. The minimum atomic E-state index is -1.25. The van der Waals surface area contributed by atoms with Crippen LogP contribution in [0.4, 0.5) is 0 Å². The van der Waals surface area contributed by atoms with Crippen LogP contribution in [0.5, 0.6) is 0 Å². The molecule has 1 amide bonds. The molecule has 8 heavy (non-hydrogen) atoms. The van der Waals surface area contributed by atoms with E-state index in [0.717, 1.165) is 0 Å². The number of aliphatic carboxylic acids is 1. The zero-order valence-corrected chi connectivity index (χ0v) is 4.22. The van der Waals surface area contributed by atoms with Crippen LogP contribution in [0.25, 0.3) is 0 Å². The zero-order valence-electron chi connectivity index (χ0n) is 4.22. The summed E-state index contributed by atoms with van der Waals surface area (Å²) in [5, 5.41) is 9.58. The first-order valence-corrected chi connectivity index (χ1v) is 2.11. The monoisotopic (exact) mass is 116 g/mol. The second-order valence-corrected chi connectivity index (χ2v) is 1.34. The summed E-state index contributed by atoms with van der Waals surface area (Å²) in [7, 11) is 0. The Hall–Kier alpha value is -1.06. The lowest BCUT2D eigenvalue weighted by Crippen LogP contribution is -2.24. The molecular weight excluding hydrogens is 110 g/mol. The summed E-state index contributed by atoms with van der Waals surface area (Å²) in [6.07, 6.45) is -0.419. The van der Waals surface area contributed by atoms with Crippen molar-refractivity contribution in [1.29, 1.82) is 0 Å². The summed E-state index contributed by atoms with van der Waals surface area (Å²) in [6, 6.07) is 0. The van der Waals surface area contributed by atoms with Gasteiger partial charge in [0.05, 0.1) is 0 Å². The maximum atomic E-state index is 9.83. The van der Waals surface area contributed by atoms with Gasteiger partial charge < -0.3 is 15.6 Å². The number of hydrogen-bond acceptors (Lipinski definition) is 3. The van der Waals surface area contributed by atoms with Crippen molar-refractivity contribution in [2.45, 2.75) is 12.8 Å². The first-order valence-electron chi connectivity index (χ1n) is 2.11. The van der Waals surface area contributed by atoms with Gasteiger partial charge in [0.1, 0.15) is 0 Å². The lowest BCUT2D eigenvalue weighted by atomic mass is 10.3. The Morgan fingerprint density at radius 3 is 2.00 bits per heavy atom. The van der Waals surface area contributed by atoms with Crippen molar-refractivity contribution in [3.63, 3.8) is 0 Å². The SMILES string of the molecule is NC(=O)CCC(=O)[O-]. The molecule has 0 unspecified atom stereocenters. The highest BCUT2D eigenvalue weighted by atomic mass is 16.4. The van der Waals surface area contributed by atoms with E-state index < -0.39 is 11.9 Å². The smallest absolute Gasteiger partial charge is 0.217 e. The van der Waals surface area contributed by atoms with Gasteiger partial charge in [-0.3, -0.25) is 4.79 Å². The molecule has 0 spiro atoms.